The highest BCUT2D eigenvalue weighted by Crippen LogP contribution is 2.40. The van der Waals surface area contributed by atoms with Crippen molar-refractivity contribution in [2.24, 2.45) is 0 Å². The Kier molecular flexibility index (Phi) is 6.30. The summed E-state index contributed by atoms with van der Waals surface area (Å²) in [6, 6.07) is 9.34. The summed E-state index contributed by atoms with van der Waals surface area (Å²) < 4.78 is 5.16. The fourth-order valence-corrected chi connectivity index (χ4v) is 3.49. The fourth-order valence-electron chi connectivity index (χ4n) is 2.44. The molecule has 0 bridgehead atoms. The molecule has 0 aliphatic heterocycles. The van der Waals surface area contributed by atoms with Gasteiger partial charge >= 0.3 is 11.9 Å². The fraction of sp³-hybridized carbons (Fsp3) is 0.211. The first kappa shape index (κ1) is 19.4. The van der Waals surface area contributed by atoms with Crippen LogP contribution in [0.2, 0.25) is 0 Å². The van der Waals surface area contributed by atoms with E-state index in [1.165, 1.54) is 18.3 Å². The van der Waals surface area contributed by atoms with Gasteiger partial charge in [0.1, 0.15) is 10.6 Å². The predicted molar refractivity (Wildman–Crippen MR) is 100 cm³/mol. The van der Waals surface area contributed by atoms with Crippen LogP contribution in [0, 0.1) is 6.92 Å². The van der Waals surface area contributed by atoms with Crippen LogP contribution in [-0.2, 0) is 14.3 Å². The Labute approximate surface area is 155 Å². The van der Waals surface area contributed by atoms with Crippen LogP contribution < -0.4 is 5.32 Å². The van der Waals surface area contributed by atoms with E-state index in [9.17, 15) is 14.4 Å². The van der Waals surface area contributed by atoms with Gasteiger partial charge in [0.25, 0.3) is 5.91 Å². The molecule has 0 radical (unpaired) electrons. The highest BCUT2D eigenvalue weighted by Gasteiger charge is 2.25. The normalized spacial score (nSPS) is 11.1. The minimum atomic E-state index is -1.21. The lowest BCUT2D eigenvalue weighted by Gasteiger charge is -2.09. The van der Waals surface area contributed by atoms with E-state index in [0.29, 0.717) is 10.6 Å². The second kappa shape index (κ2) is 8.44. The number of carboxylic acid groups (broad SMARTS) is 1. The summed E-state index contributed by atoms with van der Waals surface area (Å²) in [5.41, 5.74) is 1.84. The molecule has 0 saturated heterocycles. The van der Waals surface area contributed by atoms with Crippen molar-refractivity contribution in [1.82, 2.24) is 0 Å². The molecule has 136 valence electrons. The van der Waals surface area contributed by atoms with Gasteiger partial charge in [0.2, 0.25) is 0 Å². The zero-order chi connectivity index (χ0) is 19.3. The molecule has 1 aromatic carbocycles. The first-order valence-corrected chi connectivity index (χ1v) is 8.75. The van der Waals surface area contributed by atoms with Crippen LogP contribution in [0.1, 0.15) is 29.1 Å². The summed E-state index contributed by atoms with van der Waals surface area (Å²) >= 11 is 1.25. The summed E-state index contributed by atoms with van der Waals surface area (Å²) in [5.74, 6) is -2.33. The van der Waals surface area contributed by atoms with Crippen LogP contribution in [0.25, 0.3) is 11.1 Å². The van der Waals surface area contributed by atoms with Crippen LogP contribution in [0.5, 0.6) is 0 Å². The molecule has 0 aliphatic rings. The Morgan fingerprint density at radius 3 is 2.46 bits per heavy atom. The minimum Gasteiger partial charge on any atom is -0.478 e. The maximum Gasteiger partial charge on any atom is 0.341 e. The van der Waals surface area contributed by atoms with Gasteiger partial charge in [-0.3, -0.25) is 4.79 Å². The highest BCUT2D eigenvalue weighted by molar-refractivity contribution is 7.17. The lowest BCUT2D eigenvalue weighted by atomic mass is 10.0. The number of esters is 1. The van der Waals surface area contributed by atoms with Crippen LogP contribution in [-0.4, -0.2) is 29.6 Å². The molecule has 1 amide bonds. The Hall–Kier alpha value is -2.93. The third-order valence-electron chi connectivity index (χ3n) is 3.55. The maximum atomic E-state index is 12.5. The van der Waals surface area contributed by atoms with E-state index in [1.54, 1.807) is 6.92 Å². The van der Waals surface area contributed by atoms with E-state index < -0.39 is 17.8 Å². The van der Waals surface area contributed by atoms with Crippen molar-refractivity contribution in [2.75, 3.05) is 11.9 Å². The van der Waals surface area contributed by atoms with Crippen molar-refractivity contribution in [3.63, 3.8) is 0 Å². The zero-order valence-corrected chi connectivity index (χ0v) is 15.5. The summed E-state index contributed by atoms with van der Waals surface area (Å²) in [5, 5.41) is 11.7. The topological polar surface area (TPSA) is 92.7 Å². The van der Waals surface area contributed by atoms with Gasteiger partial charge in [0, 0.05) is 22.1 Å². The summed E-state index contributed by atoms with van der Waals surface area (Å²) in [6.07, 6.45) is 0.817. The number of hydrogen-bond donors (Lipinski definition) is 2. The average molecular weight is 373 g/mol. The van der Waals surface area contributed by atoms with E-state index in [2.05, 4.69) is 5.32 Å². The second-order valence-corrected chi connectivity index (χ2v) is 6.67. The number of carbonyl (C=O) groups is 3. The molecule has 0 fully saturated rings. The molecule has 26 heavy (non-hydrogen) atoms. The molecule has 2 aromatic rings. The molecule has 2 N–H and O–H groups in total. The number of anilines is 1. The molecule has 1 aromatic heterocycles. The molecule has 0 spiro atoms. The van der Waals surface area contributed by atoms with E-state index >= 15 is 0 Å². The van der Waals surface area contributed by atoms with Crippen molar-refractivity contribution in [3.05, 3.63) is 52.4 Å². The molecule has 7 heteroatoms. The van der Waals surface area contributed by atoms with Gasteiger partial charge in [-0.25, -0.2) is 9.59 Å². The van der Waals surface area contributed by atoms with Gasteiger partial charge in [-0.1, -0.05) is 30.3 Å². The lowest BCUT2D eigenvalue weighted by molar-refractivity contribution is -0.131. The Balaban J connectivity index is 2.51. The lowest BCUT2D eigenvalue weighted by Crippen LogP contribution is -2.16. The summed E-state index contributed by atoms with van der Waals surface area (Å²) in [7, 11) is 0. The Bertz CT molecular complexity index is 868. The van der Waals surface area contributed by atoms with Crippen LogP contribution >= 0.6 is 11.3 Å². The minimum absolute atomic E-state index is 0.0274. The first-order valence-electron chi connectivity index (χ1n) is 7.93. The third-order valence-corrected chi connectivity index (χ3v) is 4.57. The second-order valence-electron chi connectivity index (χ2n) is 5.44. The molecule has 0 unspecified atom stereocenters. The van der Waals surface area contributed by atoms with Crippen LogP contribution in [0.3, 0.4) is 0 Å². The number of thiophene rings is 1. The first-order chi connectivity index (χ1) is 12.3. The van der Waals surface area contributed by atoms with Crippen LogP contribution in [0.4, 0.5) is 5.00 Å². The zero-order valence-electron chi connectivity index (χ0n) is 14.7. The van der Waals surface area contributed by atoms with Gasteiger partial charge < -0.3 is 15.2 Å². The number of rotatable bonds is 6. The Morgan fingerprint density at radius 1 is 1.23 bits per heavy atom. The standard InChI is InChI=1S/C19H19NO5S/c1-4-25-19(24)16-15(13-8-6-5-7-9-13)12(3)26-18(16)20-17(23)11(2)10-14(21)22/h5-10H,4H2,1-3H3,(H,20,23)(H,21,22)/b11-10-. The van der Waals surface area contributed by atoms with Gasteiger partial charge in [-0.05, 0) is 26.3 Å². The molecular formula is C19H19NO5S. The summed E-state index contributed by atoms with van der Waals surface area (Å²) in [4.78, 5) is 36.4. The number of amides is 1. The number of aliphatic carboxylic acids is 1. The maximum absolute atomic E-state index is 12.5. The third kappa shape index (κ3) is 4.37. The van der Waals surface area contributed by atoms with E-state index in [0.717, 1.165) is 16.5 Å². The molecule has 1 heterocycles. The summed E-state index contributed by atoms with van der Waals surface area (Å²) in [6.45, 7) is 5.15. The molecule has 0 saturated carbocycles. The van der Waals surface area contributed by atoms with Gasteiger partial charge in [-0.15, -0.1) is 11.3 Å². The smallest absolute Gasteiger partial charge is 0.341 e. The van der Waals surface area contributed by atoms with Gasteiger partial charge in [0.05, 0.1) is 6.61 Å². The number of carboxylic acids is 1. The average Bonchev–Trinajstić information content (AvgIpc) is 2.91. The van der Waals surface area contributed by atoms with Crippen molar-refractivity contribution in [1.29, 1.82) is 0 Å². The number of ether oxygens (including phenoxy) is 1. The largest absolute Gasteiger partial charge is 0.478 e. The number of hydrogen-bond acceptors (Lipinski definition) is 5. The number of benzene rings is 1. The quantitative estimate of drug-likeness (QED) is 0.592. The van der Waals surface area contributed by atoms with Gasteiger partial charge in [0.15, 0.2) is 0 Å². The number of carbonyl (C=O) groups excluding carboxylic acids is 2. The number of nitrogens with one attached hydrogen (secondary N) is 1. The van der Waals surface area contributed by atoms with Crippen molar-refractivity contribution in [2.45, 2.75) is 20.8 Å². The van der Waals surface area contributed by atoms with Crippen molar-refractivity contribution < 1.29 is 24.2 Å². The monoisotopic (exact) mass is 373 g/mol. The van der Waals surface area contributed by atoms with Crippen LogP contribution in [0.15, 0.2) is 42.0 Å². The molecule has 0 atom stereocenters. The molecule has 6 nitrogen and oxygen atoms in total. The number of aryl methyl sites for hydroxylation is 1. The Morgan fingerprint density at radius 2 is 1.88 bits per heavy atom. The molecule has 2 rings (SSSR count). The van der Waals surface area contributed by atoms with Crippen molar-refractivity contribution in [3.8, 4) is 11.1 Å². The SMILES string of the molecule is CCOC(=O)c1c(NC(=O)/C(C)=C\C(=O)O)sc(C)c1-c1ccccc1. The molecular weight excluding hydrogens is 354 g/mol. The van der Waals surface area contributed by atoms with E-state index in [-0.39, 0.29) is 17.7 Å². The van der Waals surface area contributed by atoms with E-state index in [1.807, 2.05) is 37.3 Å². The van der Waals surface area contributed by atoms with Gasteiger partial charge in [-0.2, -0.15) is 0 Å². The predicted octanol–water partition coefficient (Wildman–Crippen LogP) is 3.87. The van der Waals surface area contributed by atoms with Crippen molar-refractivity contribution >= 4 is 34.2 Å². The van der Waals surface area contributed by atoms with E-state index in [4.69, 9.17) is 9.84 Å². The highest BCUT2D eigenvalue weighted by atomic mass is 32.1. The molecule has 0 aliphatic carbocycles.